The average molecular weight is 312 g/mol. The van der Waals surface area contributed by atoms with Crippen molar-refractivity contribution >= 4 is 21.8 Å². The Labute approximate surface area is 116 Å². The largest absolute Gasteiger partial charge is 0.338 e. The van der Waals surface area contributed by atoms with E-state index in [4.69, 9.17) is 5.73 Å². The molecule has 98 valence electrons. The van der Waals surface area contributed by atoms with Crippen LogP contribution in [0, 0.1) is 5.92 Å². The molecule has 2 heterocycles. The third kappa shape index (κ3) is 2.90. The molecule has 2 N–H and O–H groups in total. The molecular weight excluding hydrogens is 294 g/mol. The van der Waals surface area contributed by atoms with Gasteiger partial charge in [-0.05, 0) is 34.3 Å². The first-order valence-electron chi connectivity index (χ1n) is 6.27. The molecule has 1 aromatic heterocycles. The van der Waals surface area contributed by atoms with Crippen LogP contribution in [0.15, 0.2) is 22.9 Å². The van der Waals surface area contributed by atoms with Gasteiger partial charge in [-0.3, -0.25) is 9.78 Å². The quantitative estimate of drug-likeness (QED) is 0.909. The molecule has 18 heavy (non-hydrogen) atoms. The lowest BCUT2D eigenvalue weighted by Gasteiger charge is -2.36. The fourth-order valence-corrected chi connectivity index (χ4v) is 2.74. The van der Waals surface area contributed by atoms with E-state index in [1.165, 1.54) is 0 Å². The number of rotatable bonds is 2. The van der Waals surface area contributed by atoms with Crippen LogP contribution >= 0.6 is 15.9 Å². The molecule has 0 saturated carbocycles. The first kappa shape index (κ1) is 13.5. The molecule has 2 atom stereocenters. The van der Waals surface area contributed by atoms with Crippen LogP contribution in [-0.2, 0) is 0 Å². The Balaban J connectivity index is 2.10. The molecule has 1 aliphatic rings. The summed E-state index contributed by atoms with van der Waals surface area (Å²) < 4.78 is 0.828. The van der Waals surface area contributed by atoms with Gasteiger partial charge in [0.05, 0.1) is 5.56 Å². The van der Waals surface area contributed by atoms with Gasteiger partial charge in [-0.1, -0.05) is 13.3 Å². The van der Waals surface area contributed by atoms with Crippen LogP contribution in [0.2, 0.25) is 0 Å². The van der Waals surface area contributed by atoms with E-state index in [-0.39, 0.29) is 11.9 Å². The third-order valence-corrected chi connectivity index (χ3v) is 3.99. The maximum absolute atomic E-state index is 12.3. The number of nitrogens with zero attached hydrogens (tertiary/aromatic N) is 2. The van der Waals surface area contributed by atoms with Gasteiger partial charge >= 0.3 is 0 Å². The van der Waals surface area contributed by atoms with Crippen LogP contribution in [0.1, 0.15) is 30.1 Å². The van der Waals surface area contributed by atoms with Crippen LogP contribution in [-0.4, -0.2) is 34.9 Å². The van der Waals surface area contributed by atoms with Crippen molar-refractivity contribution in [2.45, 2.75) is 25.8 Å². The van der Waals surface area contributed by atoms with Crippen molar-refractivity contribution < 1.29 is 4.79 Å². The molecule has 4 nitrogen and oxygen atoms in total. The fourth-order valence-electron chi connectivity index (χ4n) is 2.38. The third-order valence-electron chi connectivity index (χ3n) is 3.56. The van der Waals surface area contributed by atoms with Gasteiger partial charge in [0.2, 0.25) is 0 Å². The number of aromatic nitrogens is 1. The summed E-state index contributed by atoms with van der Waals surface area (Å²) in [5.74, 6) is 0.456. The lowest BCUT2D eigenvalue weighted by Crippen LogP contribution is -2.49. The molecule has 0 aliphatic carbocycles. The van der Waals surface area contributed by atoms with Crippen LogP contribution in [0.3, 0.4) is 0 Å². The average Bonchev–Trinajstić information content (AvgIpc) is 2.38. The molecule has 1 fully saturated rings. The molecule has 1 saturated heterocycles. The minimum absolute atomic E-state index is 0.0501. The number of nitrogens with two attached hydrogens (primary N) is 1. The summed E-state index contributed by atoms with van der Waals surface area (Å²) in [4.78, 5) is 18.3. The van der Waals surface area contributed by atoms with E-state index in [1.54, 1.807) is 12.4 Å². The molecule has 0 bridgehead atoms. The topological polar surface area (TPSA) is 59.2 Å². The Kier molecular flexibility index (Phi) is 4.35. The first-order valence-corrected chi connectivity index (χ1v) is 7.06. The van der Waals surface area contributed by atoms with Crippen molar-refractivity contribution in [1.29, 1.82) is 0 Å². The number of carbonyl (C=O) groups is 1. The van der Waals surface area contributed by atoms with Crippen LogP contribution < -0.4 is 5.73 Å². The van der Waals surface area contributed by atoms with E-state index in [0.29, 0.717) is 11.5 Å². The van der Waals surface area contributed by atoms with Gasteiger partial charge in [-0.25, -0.2) is 0 Å². The summed E-state index contributed by atoms with van der Waals surface area (Å²) in [5.41, 5.74) is 6.69. The number of hydrogen-bond acceptors (Lipinski definition) is 3. The smallest absolute Gasteiger partial charge is 0.255 e. The molecular formula is C13H18BrN3O. The molecule has 1 aliphatic heterocycles. The standard InChI is InChI=1S/C13H18BrN3O/c1-2-9-8-17(4-3-12(9)15)13(18)10-5-11(14)7-16-6-10/h5-7,9,12H,2-4,8,15H2,1H3. The van der Waals surface area contributed by atoms with Crippen molar-refractivity contribution in [2.24, 2.45) is 11.7 Å². The molecule has 2 unspecified atom stereocenters. The zero-order valence-corrected chi connectivity index (χ0v) is 12.1. The van der Waals surface area contributed by atoms with Gasteiger partial charge in [-0.15, -0.1) is 0 Å². The minimum atomic E-state index is 0.0501. The lowest BCUT2D eigenvalue weighted by atomic mass is 9.90. The normalized spacial score (nSPS) is 24.1. The van der Waals surface area contributed by atoms with E-state index in [9.17, 15) is 4.79 Å². The zero-order chi connectivity index (χ0) is 13.1. The van der Waals surface area contributed by atoms with E-state index in [1.807, 2.05) is 11.0 Å². The molecule has 1 aromatic rings. The monoisotopic (exact) mass is 311 g/mol. The number of hydrogen-bond donors (Lipinski definition) is 1. The molecule has 5 heteroatoms. The number of carbonyl (C=O) groups excluding carboxylic acids is 1. The van der Waals surface area contributed by atoms with Crippen LogP contribution in [0.4, 0.5) is 0 Å². The molecule has 0 aromatic carbocycles. The Morgan fingerprint density at radius 2 is 2.39 bits per heavy atom. The molecule has 1 amide bonds. The van der Waals surface area contributed by atoms with Gasteiger partial charge in [0.1, 0.15) is 0 Å². The Bertz CT molecular complexity index is 438. The number of pyridine rings is 1. The van der Waals surface area contributed by atoms with Gasteiger partial charge in [0.15, 0.2) is 0 Å². The zero-order valence-electron chi connectivity index (χ0n) is 10.5. The van der Waals surface area contributed by atoms with Gasteiger partial charge in [-0.2, -0.15) is 0 Å². The summed E-state index contributed by atoms with van der Waals surface area (Å²) >= 11 is 3.34. The summed E-state index contributed by atoms with van der Waals surface area (Å²) in [6, 6.07) is 2.03. The van der Waals surface area contributed by atoms with E-state index < -0.39 is 0 Å². The summed E-state index contributed by atoms with van der Waals surface area (Å²) in [6.45, 7) is 3.62. The van der Waals surface area contributed by atoms with Gasteiger partial charge in [0.25, 0.3) is 5.91 Å². The Morgan fingerprint density at radius 3 is 3.06 bits per heavy atom. The second kappa shape index (κ2) is 5.80. The van der Waals surface area contributed by atoms with Gasteiger partial charge in [0, 0.05) is 36.0 Å². The minimum Gasteiger partial charge on any atom is -0.338 e. The van der Waals surface area contributed by atoms with E-state index in [0.717, 1.165) is 30.4 Å². The SMILES string of the molecule is CCC1CN(C(=O)c2cncc(Br)c2)CCC1N. The van der Waals surface area contributed by atoms with Crippen molar-refractivity contribution in [2.75, 3.05) is 13.1 Å². The fraction of sp³-hybridized carbons (Fsp3) is 0.538. The number of amides is 1. The molecule has 0 spiro atoms. The summed E-state index contributed by atoms with van der Waals surface area (Å²) in [5, 5.41) is 0. The van der Waals surface area contributed by atoms with E-state index >= 15 is 0 Å². The number of likely N-dealkylation sites (tertiary alicyclic amines) is 1. The van der Waals surface area contributed by atoms with Crippen molar-refractivity contribution in [1.82, 2.24) is 9.88 Å². The predicted molar refractivity (Wildman–Crippen MR) is 74.2 cm³/mol. The predicted octanol–water partition coefficient (Wildman–Crippen LogP) is 2.04. The van der Waals surface area contributed by atoms with Gasteiger partial charge < -0.3 is 10.6 Å². The highest BCUT2D eigenvalue weighted by Crippen LogP contribution is 2.21. The summed E-state index contributed by atoms with van der Waals surface area (Å²) in [7, 11) is 0. The van der Waals surface area contributed by atoms with Crippen molar-refractivity contribution in [3.8, 4) is 0 Å². The van der Waals surface area contributed by atoms with Crippen LogP contribution in [0.25, 0.3) is 0 Å². The highest BCUT2D eigenvalue weighted by Gasteiger charge is 2.28. The van der Waals surface area contributed by atoms with Crippen molar-refractivity contribution in [3.63, 3.8) is 0 Å². The second-order valence-electron chi connectivity index (χ2n) is 4.76. The molecule has 2 rings (SSSR count). The highest BCUT2D eigenvalue weighted by molar-refractivity contribution is 9.10. The summed E-state index contributed by atoms with van der Waals surface area (Å²) in [6.07, 6.45) is 5.19. The maximum atomic E-state index is 12.3. The van der Waals surface area contributed by atoms with E-state index in [2.05, 4.69) is 27.8 Å². The first-order chi connectivity index (χ1) is 8.61. The second-order valence-corrected chi connectivity index (χ2v) is 5.68. The van der Waals surface area contributed by atoms with Crippen LogP contribution in [0.5, 0.6) is 0 Å². The molecule has 0 radical (unpaired) electrons. The highest BCUT2D eigenvalue weighted by atomic mass is 79.9. The number of halogens is 1. The Hall–Kier alpha value is -0.940. The lowest BCUT2D eigenvalue weighted by molar-refractivity contribution is 0.0648. The maximum Gasteiger partial charge on any atom is 0.255 e. The number of piperidine rings is 1. The Morgan fingerprint density at radius 1 is 1.61 bits per heavy atom. The van der Waals surface area contributed by atoms with Crippen molar-refractivity contribution in [3.05, 3.63) is 28.5 Å².